The van der Waals surface area contributed by atoms with Gasteiger partial charge >= 0.3 is 5.97 Å². The van der Waals surface area contributed by atoms with Crippen LogP contribution in [0.3, 0.4) is 0 Å². The maximum atomic E-state index is 12.8. The molecule has 0 radical (unpaired) electrons. The van der Waals surface area contributed by atoms with Crippen molar-refractivity contribution in [3.05, 3.63) is 53.6 Å². The zero-order valence-electron chi connectivity index (χ0n) is 13.9. The maximum Gasteiger partial charge on any atom is 0.335 e. The van der Waals surface area contributed by atoms with Gasteiger partial charge in [-0.1, -0.05) is 12.1 Å². The second-order valence-electron chi connectivity index (χ2n) is 6.10. The molecule has 0 aromatic heterocycles. The number of carboxylic acids is 1. The summed E-state index contributed by atoms with van der Waals surface area (Å²) in [5, 5.41) is 9.36. The molecule has 1 aliphatic rings. The zero-order valence-corrected chi connectivity index (χ0v) is 14.7. The molecule has 0 aliphatic carbocycles. The summed E-state index contributed by atoms with van der Waals surface area (Å²) in [4.78, 5) is 22.6. The molecule has 8 heteroatoms. The van der Waals surface area contributed by atoms with Crippen LogP contribution in [-0.4, -0.2) is 42.8 Å². The molecule has 3 rings (SSSR count). The topological polar surface area (TPSA) is 118 Å². The lowest BCUT2D eigenvalue weighted by Gasteiger charge is -2.17. The van der Waals surface area contributed by atoms with Crippen molar-refractivity contribution in [3.8, 4) is 11.1 Å². The van der Waals surface area contributed by atoms with E-state index in [0.29, 0.717) is 29.8 Å². The van der Waals surface area contributed by atoms with E-state index < -0.39 is 21.9 Å². The third-order valence-electron chi connectivity index (χ3n) is 4.36. The summed E-state index contributed by atoms with van der Waals surface area (Å²) in [5.41, 5.74) is 6.45. The first-order valence-corrected chi connectivity index (χ1v) is 9.52. The fourth-order valence-corrected chi connectivity index (χ4v) is 4.53. The SMILES string of the molecule is NC(=O)c1ccc(-c2cc(C(=O)O)cc(S(=O)(=O)N3CCCC3)c2)cc1. The number of aromatic carboxylic acids is 1. The number of hydrogen-bond donors (Lipinski definition) is 2. The fourth-order valence-electron chi connectivity index (χ4n) is 2.94. The molecule has 26 heavy (non-hydrogen) atoms. The molecule has 1 aliphatic heterocycles. The highest BCUT2D eigenvalue weighted by Crippen LogP contribution is 2.28. The van der Waals surface area contributed by atoms with E-state index in [9.17, 15) is 23.1 Å². The Morgan fingerprint density at radius 3 is 2.08 bits per heavy atom. The molecule has 0 atom stereocenters. The van der Waals surface area contributed by atoms with Gasteiger partial charge in [0.25, 0.3) is 0 Å². The number of amides is 1. The molecular weight excluding hydrogens is 356 g/mol. The van der Waals surface area contributed by atoms with E-state index >= 15 is 0 Å². The van der Waals surface area contributed by atoms with Gasteiger partial charge in [0.1, 0.15) is 0 Å². The van der Waals surface area contributed by atoms with Gasteiger partial charge < -0.3 is 10.8 Å². The van der Waals surface area contributed by atoms with Gasteiger partial charge in [0.15, 0.2) is 0 Å². The van der Waals surface area contributed by atoms with Gasteiger partial charge in [-0.3, -0.25) is 4.79 Å². The summed E-state index contributed by atoms with van der Waals surface area (Å²) in [6, 6.07) is 10.3. The summed E-state index contributed by atoms with van der Waals surface area (Å²) < 4.78 is 27.0. The minimum atomic E-state index is -3.75. The molecule has 3 N–H and O–H groups in total. The van der Waals surface area contributed by atoms with E-state index in [1.165, 1.54) is 34.6 Å². The highest BCUT2D eigenvalue weighted by atomic mass is 32.2. The average molecular weight is 374 g/mol. The number of nitrogens with two attached hydrogens (primary N) is 1. The second kappa shape index (κ2) is 6.89. The predicted octanol–water partition coefficient (Wildman–Crippen LogP) is 1.94. The van der Waals surface area contributed by atoms with Gasteiger partial charge in [0.05, 0.1) is 10.5 Å². The van der Waals surface area contributed by atoms with E-state index in [2.05, 4.69) is 0 Å². The summed E-state index contributed by atoms with van der Waals surface area (Å²) in [6.45, 7) is 0.866. The van der Waals surface area contributed by atoms with Crippen molar-refractivity contribution in [3.63, 3.8) is 0 Å². The number of primary amides is 1. The first-order chi connectivity index (χ1) is 12.3. The van der Waals surface area contributed by atoms with Gasteiger partial charge in [-0.25, -0.2) is 13.2 Å². The van der Waals surface area contributed by atoms with Crippen LogP contribution in [0.25, 0.3) is 11.1 Å². The van der Waals surface area contributed by atoms with E-state index in [-0.39, 0.29) is 10.5 Å². The zero-order chi connectivity index (χ0) is 18.9. The fraction of sp³-hybridized carbons (Fsp3) is 0.222. The maximum absolute atomic E-state index is 12.8. The Bertz CT molecular complexity index is 962. The van der Waals surface area contributed by atoms with Crippen LogP contribution in [-0.2, 0) is 10.0 Å². The molecule has 0 unspecified atom stereocenters. The minimum Gasteiger partial charge on any atom is -0.478 e. The first-order valence-electron chi connectivity index (χ1n) is 8.08. The lowest BCUT2D eigenvalue weighted by molar-refractivity contribution is 0.0696. The van der Waals surface area contributed by atoms with Crippen molar-refractivity contribution in [2.75, 3.05) is 13.1 Å². The standard InChI is InChI=1S/C18H18N2O5S/c19-17(21)13-5-3-12(4-6-13)14-9-15(18(22)23)11-16(10-14)26(24,25)20-7-1-2-8-20/h3-6,9-11H,1-2,7-8H2,(H2,19,21)(H,22,23). The molecule has 0 spiro atoms. The highest BCUT2D eigenvalue weighted by molar-refractivity contribution is 7.89. The van der Waals surface area contributed by atoms with E-state index in [1.807, 2.05) is 0 Å². The van der Waals surface area contributed by atoms with Crippen LogP contribution in [0.2, 0.25) is 0 Å². The summed E-state index contributed by atoms with van der Waals surface area (Å²) in [7, 11) is -3.75. The molecule has 0 bridgehead atoms. The van der Waals surface area contributed by atoms with Crippen LogP contribution in [0.5, 0.6) is 0 Å². The Kier molecular flexibility index (Phi) is 4.80. The minimum absolute atomic E-state index is 0.0479. The van der Waals surface area contributed by atoms with Gasteiger partial charge in [-0.2, -0.15) is 4.31 Å². The van der Waals surface area contributed by atoms with Crippen LogP contribution < -0.4 is 5.73 Å². The Morgan fingerprint density at radius 1 is 0.923 bits per heavy atom. The quantitative estimate of drug-likeness (QED) is 0.829. The molecule has 1 fully saturated rings. The third kappa shape index (κ3) is 3.47. The average Bonchev–Trinajstić information content (AvgIpc) is 3.17. The van der Waals surface area contributed by atoms with Crippen molar-refractivity contribution >= 4 is 21.9 Å². The van der Waals surface area contributed by atoms with Gasteiger partial charge in [-0.05, 0) is 54.3 Å². The second-order valence-corrected chi connectivity index (χ2v) is 8.04. The summed E-state index contributed by atoms with van der Waals surface area (Å²) >= 11 is 0. The molecule has 1 saturated heterocycles. The number of carbonyl (C=O) groups is 2. The molecule has 7 nitrogen and oxygen atoms in total. The van der Waals surface area contributed by atoms with Crippen molar-refractivity contribution in [2.45, 2.75) is 17.7 Å². The molecule has 2 aromatic carbocycles. The van der Waals surface area contributed by atoms with Crippen LogP contribution >= 0.6 is 0 Å². The Labute approximate surface area is 151 Å². The molecule has 1 amide bonds. The molecule has 0 saturated carbocycles. The normalized spacial score (nSPS) is 15.1. The first kappa shape index (κ1) is 18.1. The molecular formula is C18H18N2O5S. The largest absolute Gasteiger partial charge is 0.478 e. The van der Waals surface area contributed by atoms with Crippen molar-refractivity contribution < 1.29 is 23.1 Å². The predicted molar refractivity (Wildman–Crippen MR) is 95.3 cm³/mol. The van der Waals surface area contributed by atoms with Gasteiger partial charge in [0.2, 0.25) is 15.9 Å². The molecule has 136 valence electrons. The lowest BCUT2D eigenvalue weighted by Crippen LogP contribution is -2.28. The lowest BCUT2D eigenvalue weighted by atomic mass is 10.0. The van der Waals surface area contributed by atoms with Crippen LogP contribution in [0.4, 0.5) is 0 Å². The van der Waals surface area contributed by atoms with Gasteiger partial charge in [0, 0.05) is 18.7 Å². The number of sulfonamides is 1. The smallest absolute Gasteiger partial charge is 0.335 e. The number of carboxylic acid groups (broad SMARTS) is 1. The highest BCUT2D eigenvalue weighted by Gasteiger charge is 2.28. The van der Waals surface area contributed by atoms with Crippen molar-refractivity contribution in [1.29, 1.82) is 0 Å². The van der Waals surface area contributed by atoms with E-state index in [1.54, 1.807) is 12.1 Å². The van der Waals surface area contributed by atoms with Gasteiger partial charge in [-0.15, -0.1) is 0 Å². The number of rotatable bonds is 5. The Hall–Kier alpha value is -2.71. The van der Waals surface area contributed by atoms with E-state index in [4.69, 9.17) is 5.73 Å². The number of benzene rings is 2. The van der Waals surface area contributed by atoms with E-state index in [0.717, 1.165) is 12.8 Å². The van der Waals surface area contributed by atoms with Crippen LogP contribution in [0.15, 0.2) is 47.4 Å². The molecule has 1 heterocycles. The monoisotopic (exact) mass is 374 g/mol. The third-order valence-corrected chi connectivity index (χ3v) is 6.24. The van der Waals surface area contributed by atoms with Crippen molar-refractivity contribution in [1.82, 2.24) is 4.31 Å². The number of hydrogen-bond acceptors (Lipinski definition) is 4. The molecule has 2 aromatic rings. The van der Waals surface area contributed by atoms with Crippen LogP contribution in [0.1, 0.15) is 33.6 Å². The summed E-state index contributed by atoms with van der Waals surface area (Å²) in [5.74, 6) is -1.79. The Balaban J connectivity index is 2.10. The van der Waals surface area contributed by atoms with Crippen molar-refractivity contribution in [2.24, 2.45) is 5.73 Å². The Morgan fingerprint density at radius 2 is 1.54 bits per heavy atom. The van der Waals surface area contributed by atoms with Crippen LogP contribution in [0, 0.1) is 0 Å². The summed E-state index contributed by atoms with van der Waals surface area (Å²) in [6.07, 6.45) is 1.58. The number of nitrogens with zero attached hydrogens (tertiary/aromatic N) is 1. The number of carbonyl (C=O) groups excluding carboxylic acids is 1.